The van der Waals surface area contributed by atoms with Crippen LogP contribution in [0.1, 0.15) is 50.4 Å². The fraction of sp³-hybridized carbons (Fsp3) is 0.429. The van der Waals surface area contributed by atoms with E-state index in [0.717, 1.165) is 48.5 Å². The van der Waals surface area contributed by atoms with E-state index in [1.807, 2.05) is 6.07 Å². The molecule has 2 unspecified atom stereocenters. The molecule has 0 saturated carbocycles. The predicted molar refractivity (Wildman–Crippen MR) is 132 cm³/mol. The van der Waals surface area contributed by atoms with Crippen LogP contribution in [0.2, 0.25) is 0 Å². The number of nitrogens with zero attached hydrogens (tertiary/aromatic N) is 1. The van der Waals surface area contributed by atoms with Gasteiger partial charge in [0.15, 0.2) is 5.76 Å². The average molecular weight is 464 g/mol. The van der Waals surface area contributed by atoms with Crippen LogP contribution in [-0.2, 0) is 23.2 Å². The van der Waals surface area contributed by atoms with Crippen LogP contribution in [0, 0.1) is 17.7 Å². The van der Waals surface area contributed by atoms with Gasteiger partial charge in [-0.1, -0.05) is 62.3 Å². The summed E-state index contributed by atoms with van der Waals surface area (Å²) in [7, 11) is 0. The summed E-state index contributed by atoms with van der Waals surface area (Å²) in [6.07, 6.45) is 2.20. The van der Waals surface area contributed by atoms with Crippen molar-refractivity contribution in [1.82, 2.24) is 15.8 Å². The van der Waals surface area contributed by atoms with E-state index in [2.05, 4.69) is 60.8 Å². The van der Waals surface area contributed by atoms with Crippen molar-refractivity contribution in [2.24, 2.45) is 11.8 Å². The number of aromatic nitrogens is 1. The van der Waals surface area contributed by atoms with Crippen LogP contribution < -0.4 is 10.6 Å². The molecule has 180 valence electrons. The molecule has 0 radical (unpaired) electrons. The smallest absolute Gasteiger partial charge is 0.220 e. The average Bonchev–Trinajstić information content (AvgIpc) is 3.28. The quantitative estimate of drug-likeness (QED) is 0.502. The molecule has 6 heteroatoms. The summed E-state index contributed by atoms with van der Waals surface area (Å²) < 4.78 is 18.7. The number of benzene rings is 2. The van der Waals surface area contributed by atoms with Gasteiger partial charge >= 0.3 is 0 Å². The maximum atomic E-state index is 13.1. The van der Waals surface area contributed by atoms with Crippen LogP contribution in [0.3, 0.4) is 0 Å². The zero-order valence-electron chi connectivity index (χ0n) is 20.2. The summed E-state index contributed by atoms with van der Waals surface area (Å²) in [5.41, 5.74) is 4.22. The monoisotopic (exact) mass is 463 g/mol. The van der Waals surface area contributed by atoms with E-state index in [1.54, 1.807) is 12.1 Å². The van der Waals surface area contributed by atoms with Crippen LogP contribution in [-0.4, -0.2) is 24.2 Å². The number of hydrogen-bond donors (Lipinski definition) is 2. The minimum Gasteiger partial charge on any atom is -0.356 e. The highest BCUT2D eigenvalue weighted by Gasteiger charge is 2.28. The van der Waals surface area contributed by atoms with E-state index in [0.29, 0.717) is 18.9 Å². The molecule has 1 aliphatic heterocycles. The third kappa shape index (κ3) is 6.32. The van der Waals surface area contributed by atoms with Gasteiger partial charge < -0.3 is 15.2 Å². The van der Waals surface area contributed by atoms with Crippen molar-refractivity contribution in [2.75, 3.05) is 13.1 Å². The van der Waals surface area contributed by atoms with Crippen molar-refractivity contribution >= 4 is 5.91 Å². The second-order valence-corrected chi connectivity index (χ2v) is 10.3. The molecular formula is C28H34FN3O2. The van der Waals surface area contributed by atoms with E-state index in [-0.39, 0.29) is 23.1 Å². The first-order valence-electron chi connectivity index (χ1n) is 12.1. The van der Waals surface area contributed by atoms with Crippen LogP contribution >= 0.6 is 0 Å². The van der Waals surface area contributed by atoms with Gasteiger partial charge in [-0.15, -0.1) is 0 Å². The number of hydrogen-bond acceptors (Lipinski definition) is 4. The molecule has 0 bridgehead atoms. The number of carbonyl (C=O) groups is 1. The van der Waals surface area contributed by atoms with Crippen LogP contribution in [0.25, 0.3) is 11.3 Å². The summed E-state index contributed by atoms with van der Waals surface area (Å²) in [6, 6.07) is 16.7. The molecule has 5 nitrogen and oxygen atoms in total. The Morgan fingerprint density at radius 2 is 1.85 bits per heavy atom. The lowest BCUT2D eigenvalue weighted by atomic mass is 9.81. The maximum Gasteiger partial charge on any atom is 0.220 e. The zero-order valence-corrected chi connectivity index (χ0v) is 20.2. The fourth-order valence-corrected chi connectivity index (χ4v) is 4.55. The number of amides is 1. The van der Waals surface area contributed by atoms with Gasteiger partial charge in [-0.2, -0.15) is 0 Å². The van der Waals surface area contributed by atoms with E-state index < -0.39 is 0 Å². The van der Waals surface area contributed by atoms with Gasteiger partial charge in [0.05, 0.1) is 5.69 Å². The normalized spacial score (nSPS) is 18.6. The van der Waals surface area contributed by atoms with Crippen molar-refractivity contribution in [3.63, 3.8) is 0 Å². The van der Waals surface area contributed by atoms with Gasteiger partial charge in [-0.05, 0) is 66.4 Å². The van der Waals surface area contributed by atoms with Crippen molar-refractivity contribution in [2.45, 2.75) is 52.0 Å². The molecule has 1 fully saturated rings. The predicted octanol–water partition coefficient (Wildman–Crippen LogP) is 5.25. The summed E-state index contributed by atoms with van der Waals surface area (Å²) in [6.45, 7) is 8.79. The molecule has 2 N–H and O–H groups in total. The first-order chi connectivity index (χ1) is 16.3. The zero-order chi connectivity index (χ0) is 24.1. The second-order valence-electron chi connectivity index (χ2n) is 10.3. The lowest BCUT2D eigenvalue weighted by Gasteiger charge is -2.31. The van der Waals surface area contributed by atoms with Gasteiger partial charge in [0.2, 0.25) is 5.91 Å². The van der Waals surface area contributed by atoms with E-state index in [4.69, 9.17) is 4.52 Å². The lowest BCUT2D eigenvalue weighted by Crippen LogP contribution is -2.40. The van der Waals surface area contributed by atoms with Crippen LogP contribution in [0.5, 0.6) is 0 Å². The Kier molecular flexibility index (Phi) is 7.47. The Morgan fingerprint density at radius 1 is 1.12 bits per heavy atom. The molecular weight excluding hydrogens is 429 g/mol. The highest BCUT2D eigenvalue weighted by atomic mass is 19.1. The maximum absolute atomic E-state index is 13.1. The minimum absolute atomic E-state index is 0.0287. The molecule has 4 rings (SSSR count). The Balaban J connectivity index is 1.34. The Hall–Kier alpha value is -2.99. The SMILES string of the molecule is CC(C)(C)c1ccc(-c2cc(CC3CNCCC3CC(=O)NCc3ccc(F)cc3)no2)cc1. The highest BCUT2D eigenvalue weighted by Crippen LogP contribution is 2.29. The minimum atomic E-state index is -0.273. The second kappa shape index (κ2) is 10.5. The Morgan fingerprint density at radius 3 is 2.56 bits per heavy atom. The van der Waals surface area contributed by atoms with Crippen LogP contribution in [0.15, 0.2) is 59.1 Å². The Bertz CT molecular complexity index is 1080. The van der Waals surface area contributed by atoms with Gasteiger partial charge in [0.1, 0.15) is 5.82 Å². The fourth-order valence-electron chi connectivity index (χ4n) is 4.55. The molecule has 34 heavy (non-hydrogen) atoms. The van der Waals surface area contributed by atoms with Gasteiger partial charge in [-0.25, -0.2) is 4.39 Å². The van der Waals surface area contributed by atoms with Crippen molar-refractivity contribution < 1.29 is 13.7 Å². The molecule has 2 aromatic carbocycles. The number of halogens is 1. The van der Waals surface area contributed by atoms with Crippen molar-refractivity contribution in [3.05, 3.63) is 77.2 Å². The molecule has 0 aliphatic carbocycles. The summed E-state index contributed by atoms with van der Waals surface area (Å²) in [5, 5.41) is 10.8. The topological polar surface area (TPSA) is 67.2 Å². The number of carbonyl (C=O) groups excluding carboxylic acids is 1. The molecule has 1 aliphatic rings. The van der Waals surface area contributed by atoms with Crippen LogP contribution in [0.4, 0.5) is 4.39 Å². The van der Waals surface area contributed by atoms with E-state index >= 15 is 0 Å². The molecule has 2 heterocycles. The summed E-state index contributed by atoms with van der Waals surface area (Å²) >= 11 is 0. The van der Waals surface area contributed by atoms with Gasteiger partial charge in [-0.3, -0.25) is 4.79 Å². The van der Waals surface area contributed by atoms with Crippen molar-refractivity contribution in [3.8, 4) is 11.3 Å². The van der Waals surface area contributed by atoms with Crippen molar-refractivity contribution in [1.29, 1.82) is 0 Å². The van der Waals surface area contributed by atoms with E-state index in [9.17, 15) is 9.18 Å². The molecule has 3 aromatic rings. The first-order valence-corrected chi connectivity index (χ1v) is 12.1. The number of piperidine rings is 1. The van der Waals surface area contributed by atoms with Gasteiger partial charge in [0.25, 0.3) is 0 Å². The molecule has 2 atom stereocenters. The molecule has 1 saturated heterocycles. The third-order valence-electron chi connectivity index (χ3n) is 6.68. The first kappa shape index (κ1) is 24.1. The summed E-state index contributed by atoms with van der Waals surface area (Å²) in [4.78, 5) is 12.6. The lowest BCUT2D eigenvalue weighted by molar-refractivity contribution is -0.122. The largest absolute Gasteiger partial charge is 0.356 e. The van der Waals surface area contributed by atoms with Gasteiger partial charge in [0, 0.05) is 24.6 Å². The highest BCUT2D eigenvalue weighted by molar-refractivity contribution is 5.76. The summed E-state index contributed by atoms with van der Waals surface area (Å²) in [5.74, 6) is 1.12. The molecule has 1 aromatic heterocycles. The van der Waals surface area contributed by atoms with E-state index in [1.165, 1.54) is 17.7 Å². The standard InChI is InChI=1S/C28H34FN3O2/c1-28(2,3)23-8-6-20(7-9-23)26-16-25(32-34-26)14-22-18-30-13-12-21(22)15-27(33)31-17-19-4-10-24(29)11-5-19/h4-11,16,21-22,30H,12-15,17-18H2,1-3H3,(H,31,33). The molecule has 1 amide bonds. The molecule has 0 spiro atoms. The third-order valence-corrected chi connectivity index (χ3v) is 6.68. The number of nitrogens with one attached hydrogen (secondary N) is 2. The number of rotatable bonds is 7. The Labute approximate surface area is 201 Å².